The zero-order valence-corrected chi connectivity index (χ0v) is 10.5. The lowest BCUT2D eigenvalue weighted by Crippen LogP contribution is -2.30. The third-order valence-electron chi connectivity index (χ3n) is 3.46. The van der Waals surface area contributed by atoms with Crippen molar-refractivity contribution in [3.05, 3.63) is 35.9 Å². The van der Waals surface area contributed by atoms with Gasteiger partial charge in [0.15, 0.2) is 5.82 Å². The molecule has 18 heavy (non-hydrogen) atoms. The molecular formula is C13H17N5. The largest absolute Gasteiger partial charge is 0.399 e. The predicted molar refractivity (Wildman–Crippen MR) is 71.2 cm³/mol. The fourth-order valence-electron chi connectivity index (χ4n) is 2.48. The highest BCUT2D eigenvalue weighted by molar-refractivity contribution is 5.61. The summed E-state index contributed by atoms with van der Waals surface area (Å²) in [4.78, 5) is 2.35. The van der Waals surface area contributed by atoms with Crippen LogP contribution in [0.25, 0.3) is 0 Å². The average molecular weight is 243 g/mol. The van der Waals surface area contributed by atoms with E-state index in [1.54, 1.807) is 6.33 Å². The molecule has 2 heterocycles. The van der Waals surface area contributed by atoms with Gasteiger partial charge in [0.25, 0.3) is 0 Å². The summed E-state index contributed by atoms with van der Waals surface area (Å²) in [5.74, 6) is 0.986. The minimum atomic E-state index is 0.799. The van der Waals surface area contributed by atoms with Gasteiger partial charge in [-0.3, -0.25) is 0 Å². The number of anilines is 2. The van der Waals surface area contributed by atoms with Gasteiger partial charge in [-0.1, -0.05) is 0 Å². The van der Waals surface area contributed by atoms with E-state index in [1.807, 2.05) is 17.7 Å². The van der Waals surface area contributed by atoms with E-state index in [2.05, 4.69) is 27.2 Å². The number of fused-ring (bicyclic) bond motifs is 1. The first-order valence-corrected chi connectivity index (χ1v) is 6.20. The van der Waals surface area contributed by atoms with E-state index in [-0.39, 0.29) is 0 Å². The van der Waals surface area contributed by atoms with Gasteiger partial charge in [0.1, 0.15) is 6.33 Å². The van der Waals surface area contributed by atoms with E-state index in [4.69, 9.17) is 5.73 Å². The summed E-state index contributed by atoms with van der Waals surface area (Å²) in [7, 11) is 1.98. The first-order valence-electron chi connectivity index (χ1n) is 6.20. The summed E-state index contributed by atoms with van der Waals surface area (Å²) >= 11 is 0. The number of nitrogens with two attached hydrogens (primary N) is 1. The molecule has 94 valence electrons. The number of rotatable bonds is 2. The average Bonchev–Trinajstić information content (AvgIpc) is 2.75. The summed E-state index contributed by atoms with van der Waals surface area (Å²) < 4.78 is 1.96. The lowest BCUT2D eigenvalue weighted by atomic mass is 10.0. The molecule has 2 aromatic rings. The van der Waals surface area contributed by atoms with Crippen LogP contribution in [-0.2, 0) is 20.0 Å². The van der Waals surface area contributed by atoms with Crippen LogP contribution in [0.3, 0.4) is 0 Å². The Bertz CT molecular complexity index is 560. The molecule has 0 aliphatic carbocycles. The van der Waals surface area contributed by atoms with E-state index in [0.29, 0.717) is 0 Å². The predicted octanol–water partition coefficient (Wildman–Crippen LogP) is 1.35. The van der Waals surface area contributed by atoms with Crippen LogP contribution in [0.15, 0.2) is 24.5 Å². The molecule has 1 aliphatic heterocycles. The SMILES string of the molecule is Cn1cnnc1CN1CCCc2cc(N)ccc21. The van der Waals surface area contributed by atoms with Crippen LogP contribution < -0.4 is 10.6 Å². The molecule has 5 nitrogen and oxygen atoms in total. The number of hydrogen-bond acceptors (Lipinski definition) is 4. The van der Waals surface area contributed by atoms with E-state index in [1.165, 1.54) is 11.3 Å². The molecule has 0 bridgehead atoms. The topological polar surface area (TPSA) is 60.0 Å². The maximum absolute atomic E-state index is 5.84. The van der Waals surface area contributed by atoms with Gasteiger partial charge in [0.2, 0.25) is 0 Å². The molecule has 0 spiro atoms. The summed E-state index contributed by atoms with van der Waals surface area (Å²) in [6, 6.07) is 6.16. The Labute approximate surface area is 106 Å². The molecule has 0 saturated carbocycles. The first kappa shape index (κ1) is 11.1. The van der Waals surface area contributed by atoms with E-state index >= 15 is 0 Å². The Hall–Kier alpha value is -2.04. The van der Waals surface area contributed by atoms with Crippen LogP contribution in [0, 0.1) is 0 Å². The number of aryl methyl sites for hydroxylation is 2. The van der Waals surface area contributed by atoms with E-state index in [0.717, 1.165) is 37.4 Å². The van der Waals surface area contributed by atoms with Crippen molar-refractivity contribution in [3.8, 4) is 0 Å². The van der Waals surface area contributed by atoms with Crippen molar-refractivity contribution in [1.29, 1.82) is 0 Å². The van der Waals surface area contributed by atoms with Crippen molar-refractivity contribution in [2.45, 2.75) is 19.4 Å². The Morgan fingerprint density at radius 3 is 3.06 bits per heavy atom. The second-order valence-corrected chi connectivity index (χ2v) is 4.77. The zero-order valence-electron chi connectivity index (χ0n) is 10.5. The lowest BCUT2D eigenvalue weighted by molar-refractivity contribution is 0.656. The van der Waals surface area contributed by atoms with Gasteiger partial charge in [-0.25, -0.2) is 0 Å². The number of nitrogens with zero attached hydrogens (tertiary/aromatic N) is 4. The van der Waals surface area contributed by atoms with Crippen LogP contribution in [0.4, 0.5) is 11.4 Å². The van der Waals surface area contributed by atoms with Crippen molar-refractivity contribution in [2.75, 3.05) is 17.2 Å². The molecule has 5 heteroatoms. The smallest absolute Gasteiger partial charge is 0.152 e. The molecule has 0 fully saturated rings. The summed E-state index contributed by atoms with van der Waals surface area (Å²) in [6.45, 7) is 1.86. The van der Waals surface area contributed by atoms with Gasteiger partial charge in [0, 0.05) is 25.0 Å². The Morgan fingerprint density at radius 2 is 2.28 bits per heavy atom. The van der Waals surface area contributed by atoms with Crippen molar-refractivity contribution in [2.24, 2.45) is 7.05 Å². The van der Waals surface area contributed by atoms with Crippen LogP contribution >= 0.6 is 0 Å². The quantitative estimate of drug-likeness (QED) is 0.809. The molecule has 1 aliphatic rings. The number of benzene rings is 1. The second kappa shape index (κ2) is 4.33. The third-order valence-corrected chi connectivity index (χ3v) is 3.46. The lowest BCUT2D eigenvalue weighted by Gasteiger charge is -2.31. The molecule has 1 aromatic carbocycles. The maximum atomic E-state index is 5.84. The zero-order chi connectivity index (χ0) is 12.5. The molecule has 0 amide bonds. The highest BCUT2D eigenvalue weighted by Gasteiger charge is 2.18. The highest BCUT2D eigenvalue weighted by atomic mass is 15.3. The fraction of sp³-hybridized carbons (Fsp3) is 0.385. The molecular weight excluding hydrogens is 226 g/mol. The Morgan fingerprint density at radius 1 is 1.39 bits per heavy atom. The molecule has 1 aromatic heterocycles. The van der Waals surface area contributed by atoms with Crippen molar-refractivity contribution < 1.29 is 0 Å². The number of aromatic nitrogens is 3. The molecule has 0 unspecified atom stereocenters. The second-order valence-electron chi connectivity index (χ2n) is 4.77. The Balaban J connectivity index is 1.90. The molecule has 0 atom stereocenters. The molecule has 0 saturated heterocycles. The van der Waals surface area contributed by atoms with Crippen LogP contribution in [0.5, 0.6) is 0 Å². The van der Waals surface area contributed by atoms with Gasteiger partial charge in [0.05, 0.1) is 6.54 Å². The molecule has 0 radical (unpaired) electrons. The van der Waals surface area contributed by atoms with E-state index < -0.39 is 0 Å². The molecule has 2 N–H and O–H groups in total. The summed E-state index contributed by atoms with van der Waals surface area (Å²) in [5, 5.41) is 8.07. The number of hydrogen-bond donors (Lipinski definition) is 1. The summed E-state index contributed by atoms with van der Waals surface area (Å²) in [5.41, 5.74) is 9.30. The van der Waals surface area contributed by atoms with Gasteiger partial charge >= 0.3 is 0 Å². The normalized spacial score (nSPS) is 14.6. The van der Waals surface area contributed by atoms with Crippen molar-refractivity contribution >= 4 is 11.4 Å². The summed E-state index contributed by atoms with van der Waals surface area (Å²) in [6.07, 6.45) is 4.01. The van der Waals surface area contributed by atoms with Gasteiger partial charge in [-0.05, 0) is 36.6 Å². The van der Waals surface area contributed by atoms with Crippen LogP contribution in [-0.4, -0.2) is 21.3 Å². The van der Waals surface area contributed by atoms with Gasteiger partial charge in [-0.15, -0.1) is 10.2 Å². The third kappa shape index (κ3) is 1.92. The first-order chi connectivity index (χ1) is 8.74. The van der Waals surface area contributed by atoms with Crippen LogP contribution in [0.1, 0.15) is 17.8 Å². The van der Waals surface area contributed by atoms with Gasteiger partial charge in [-0.2, -0.15) is 0 Å². The van der Waals surface area contributed by atoms with E-state index in [9.17, 15) is 0 Å². The molecule has 3 rings (SSSR count). The standard InChI is InChI=1S/C13H17N5/c1-17-9-15-16-13(17)8-18-6-2-3-10-7-11(14)4-5-12(10)18/h4-5,7,9H,2-3,6,8,14H2,1H3. The minimum Gasteiger partial charge on any atom is -0.399 e. The monoisotopic (exact) mass is 243 g/mol. The van der Waals surface area contributed by atoms with Crippen molar-refractivity contribution in [3.63, 3.8) is 0 Å². The fourth-order valence-corrected chi connectivity index (χ4v) is 2.48. The van der Waals surface area contributed by atoms with Crippen LogP contribution in [0.2, 0.25) is 0 Å². The van der Waals surface area contributed by atoms with Gasteiger partial charge < -0.3 is 15.2 Å². The minimum absolute atomic E-state index is 0.799. The number of nitrogen functional groups attached to an aromatic ring is 1. The maximum Gasteiger partial charge on any atom is 0.152 e. The highest BCUT2D eigenvalue weighted by Crippen LogP contribution is 2.29. The van der Waals surface area contributed by atoms with Crippen molar-refractivity contribution in [1.82, 2.24) is 14.8 Å². The Kier molecular flexibility index (Phi) is 2.66.